The molecular formula is C22H26N2O6. The number of nitrogens with zero attached hydrogens (tertiary/aromatic N) is 2. The van der Waals surface area contributed by atoms with Gasteiger partial charge in [0.05, 0.1) is 17.5 Å². The third kappa shape index (κ3) is 3.66. The number of rotatable bonds is 3. The molecule has 30 heavy (non-hydrogen) atoms. The van der Waals surface area contributed by atoms with Gasteiger partial charge in [-0.1, -0.05) is 23.6 Å². The van der Waals surface area contributed by atoms with Gasteiger partial charge in [-0.2, -0.15) is 0 Å². The number of likely N-dealkylation sites (tertiary alicyclic amines) is 1. The van der Waals surface area contributed by atoms with Gasteiger partial charge in [-0.05, 0) is 57.6 Å². The van der Waals surface area contributed by atoms with Crippen molar-refractivity contribution in [3.63, 3.8) is 0 Å². The Labute approximate surface area is 175 Å². The zero-order valence-electron chi connectivity index (χ0n) is 17.5. The van der Waals surface area contributed by atoms with E-state index >= 15 is 0 Å². The van der Waals surface area contributed by atoms with Crippen molar-refractivity contribution in [3.8, 4) is 0 Å². The van der Waals surface area contributed by atoms with E-state index in [0.717, 1.165) is 19.3 Å². The monoisotopic (exact) mass is 414 g/mol. The highest BCUT2D eigenvalue weighted by atomic mass is 16.7. The summed E-state index contributed by atoms with van der Waals surface area (Å²) in [6.45, 7) is 5.94. The van der Waals surface area contributed by atoms with Crippen molar-refractivity contribution in [3.05, 3.63) is 35.4 Å². The molecule has 3 amide bonds. The Balaban J connectivity index is 1.44. The van der Waals surface area contributed by atoms with E-state index < -0.39 is 29.5 Å². The van der Waals surface area contributed by atoms with Gasteiger partial charge in [0, 0.05) is 12.6 Å². The van der Waals surface area contributed by atoms with Crippen LogP contribution in [0.5, 0.6) is 0 Å². The molecule has 2 aliphatic heterocycles. The van der Waals surface area contributed by atoms with Crippen molar-refractivity contribution in [1.82, 2.24) is 9.96 Å². The third-order valence-electron chi connectivity index (χ3n) is 6.01. The fraction of sp³-hybridized carbons (Fsp3) is 0.545. The van der Waals surface area contributed by atoms with E-state index in [4.69, 9.17) is 9.57 Å². The normalized spacial score (nSPS) is 22.2. The summed E-state index contributed by atoms with van der Waals surface area (Å²) in [4.78, 5) is 56.9. The quantitative estimate of drug-likeness (QED) is 0.705. The summed E-state index contributed by atoms with van der Waals surface area (Å²) < 4.78 is 5.52. The van der Waals surface area contributed by atoms with Crippen LogP contribution in [0.3, 0.4) is 0 Å². The zero-order valence-corrected chi connectivity index (χ0v) is 17.5. The maximum absolute atomic E-state index is 12.7. The van der Waals surface area contributed by atoms with Crippen LogP contribution in [-0.4, -0.2) is 52.0 Å². The van der Waals surface area contributed by atoms with Crippen molar-refractivity contribution in [2.24, 2.45) is 5.41 Å². The summed E-state index contributed by atoms with van der Waals surface area (Å²) in [5.74, 6) is -2.04. The molecule has 1 unspecified atom stereocenters. The number of hydrogen-bond acceptors (Lipinski definition) is 6. The van der Waals surface area contributed by atoms with E-state index in [1.54, 1.807) is 37.8 Å². The maximum atomic E-state index is 12.7. The molecule has 2 heterocycles. The highest BCUT2D eigenvalue weighted by Crippen LogP contribution is 2.51. The molecule has 0 radical (unpaired) electrons. The van der Waals surface area contributed by atoms with Crippen molar-refractivity contribution < 1.29 is 28.8 Å². The first-order valence-corrected chi connectivity index (χ1v) is 10.3. The molecule has 160 valence electrons. The van der Waals surface area contributed by atoms with Gasteiger partial charge >= 0.3 is 12.1 Å². The first-order chi connectivity index (χ1) is 14.1. The van der Waals surface area contributed by atoms with Crippen LogP contribution in [-0.2, 0) is 14.4 Å². The molecule has 1 spiro atoms. The van der Waals surface area contributed by atoms with Gasteiger partial charge in [-0.3, -0.25) is 9.59 Å². The van der Waals surface area contributed by atoms with Gasteiger partial charge in [0.2, 0.25) is 0 Å². The summed E-state index contributed by atoms with van der Waals surface area (Å²) in [7, 11) is 0. The maximum Gasteiger partial charge on any atom is 0.410 e. The topological polar surface area (TPSA) is 93.2 Å². The summed E-state index contributed by atoms with van der Waals surface area (Å²) in [5.41, 5.74) is -0.199. The molecule has 3 aliphatic rings. The van der Waals surface area contributed by atoms with E-state index in [-0.39, 0.29) is 29.0 Å². The lowest BCUT2D eigenvalue weighted by molar-refractivity contribution is -0.169. The smallest absolute Gasteiger partial charge is 0.410 e. The predicted molar refractivity (Wildman–Crippen MR) is 105 cm³/mol. The Morgan fingerprint density at radius 1 is 1.10 bits per heavy atom. The molecular weight excluding hydrogens is 388 g/mol. The number of carbonyl (C=O) groups excluding carboxylic acids is 4. The molecule has 1 saturated carbocycles. The molecule has 0 N–H and O–H groups in total. The van der Waals surface area contributed by atoms with Gasteiger partial charge in [0.1, 0.15) is 5.60 Å². The molecule has 2 fully saturated rings. The van der Waals surface area contributed by atoms with Crippen LogP contribution in [0.2, 0.25) is 0 Å². The van der Waals surface area contributed by atoms with Crippen molar-refractivity contribution >= 4 is 23.9 Å². The standard InChI is InChI=1S/C22H26N2O6/c1-21(2,3)29-20(28)23-13-22(9-6-10-22)12-14(23)11-17(25)30-24-18(26)15-7-4-5-8-16(15)19(24)27/h4-5,7-8,14H,6,9-13H2,1-3H3. The average Bonchev–Trinajstić information content (AvgIpc) is 3.13. The Morgan fingerprint density at radius 3 is 2.20 bits per heavy atom. The van der Waals surface area contributed by atoms with Gasteiger partial charge in [0.15, 0.2) is 0 Å². The number of imide groups is 1. The number of ether oxygens (including phenoxy) is 1. The average molecular weight is 414 g/mol. The second-order valence-electron chi connectivity index (χ2n) is 9.44. The van der Waals surface area contributed by atoms with Crippen molar-refractivity contribution in [2.45, 2.75) is 64.5 Å². The van der Waals surface area contributed by atoms with Crippen LogP contribution in [0.1, 0.15) is 73.6 Å². The van der Waals surface area contributed by atoms with E-state index in [2.05, 4.69) is 0 Å². The van der Waals surface area contributed by atoms with Crippen molar-refractivity contribution in [1.29, 1.82) is 0 Å². The molecule has 1 atom stereocenters. The summed E-state index contributed by atoms with van der Waals surface area (Å²) in [6.07, 6.45) is 3.25. The highest BCUT2D eigenvalue weighted by molar-refractivity contribution is 6.20. The summed E-state index contributed by atoms with van der Waals surface area (Å²) in [6, 6.07) is 5.94. The lowest BCUT2D eigenvalue weighted by Gasteiger charge is -2.38. The SMILES string of the molecule is CC(C)(C)OC(=O)N1CC2(CCC2)CC1CC(=O)ON1C(=O)c2ccccc2C1=O. The van der Waals surface area contributed by atoms with Crippen LogP contribution in [0.4, 0.5) is 4.79 Å². The van der Waals surface area contributed by atoms with Gasteiger partial charge in [0.25, 0.3) is 11.8 Å². The first kappa shape index (κ1) is 20.4. The number of carbonyl (C=O) groups is 4. The number of hydroxylamine groups is 2. The van der Waals surface area contributed by atoms with E-state index in [1.807, 2.05) is 0 Å². The Hall–Kier alpha value is -2.90. The molecule has 4 rings (SSSR count). The minimum Gasteiger partial charge on any atom is -0.444 e. The molecule has 0 aromatic heterocycles. The second kappa shape index (κ2) is 7.11. The Kier molecular flexibility index (Phi) is 4.83. The van der Waals surface area contributed by atoms with Gasteiger partial charge < -0.3 is 14.5 Å². The summed E-state index contributed by atoms with van der Waals surface area (Å²) >= 11 is 0. The highest BCUT2D eigenvalue weighted by Gasteiger charge is 2.51. The molecule has 1 aromatic rings. The number of hydrogen-bond donors (Lipinski definition) is 0. The first-order valence-electron chi connectivity index (χ1n) is 10.3. The van der Waals surface area contributed by atoms with Crippen LogP contribution in [0.25, 0.3) is 0 Å². The van der Waals surface area contributed by atoms with Crippen LogP contribution >= 0.6 is 0 Å². The fourth-order valence-corrected chi connectivity index (χ4v) is 4.50. The molecule has 1 aromatic carbocycles. The predicted octanol–water partition coefficient (Wildman–Crippen LogP) is 3.31. The molecule has 1 aliphatic carbocycles. The largest absolute Gasteiger partial charge is 0.444 e. The molecule has 8 nitrogen and oxygen atoms in total. The number of benzene rings is 1. The minimum atomic E-state index is -0.723. The molecule has 8 heteroatoms. The Morgan fingerprint density at radius 2 is 1.70 bits per heavy atom. The second-order valence-corrected chi connectivity index (χ2v) is 9.44. The van der Waals surface area contributed by atoms with E-state index in [9.17, 15) is 19.2 Å². The zero-order chi connectivity index (χ0) is 21.7. The van der Waals surface area contributed by atoms with Crippen LogP contribution < -0.4 is 0 Å². The lowest BCUT2D eigenvalue weighted by atomic mass is 9.67. The molecule has 1 saturated heterocycles. The molecule has 0 bridgehead atoms. The minimum absolute atomic E-state index is 0.0252. The lowest BCUT2D eigenvalue weighted by Crippen LogP contribution is -2.42. The van der Waals surface area contributed by atoms with Crippen molar-refractivity contribution in [2.75, 3.05) is 6.54 Å². The number of fused-ring (bicyclic) bond motifs is 1. The third-order valence-corrected chi connectivity index (χ3v) is 6.01. The fourth-order valence-electron chi connectivity index (χ4n) is 4.50. The number of amides is 3. The summed E-state index contributed by atoms with van der Waals surface area (Å²) in [5, 5.41) is 0.513. The van der Waals surface area contributed by atoms with Gasteiger partial charge in [-0.25, -0.2) is 9.59 Å². The van der Waals surface area contributed by atoms with Gasteiger partial charge in [-0.15, -0.1) is 0 Å². The van der Waals surface area contributed by atoms with E-state index in [1.165, 1.54) is 12.1 Å². The van der Waals surface area contributed by atoms with Crippen LogP contribution in [0, 0.1) is 5.41 Å². The van der Waals surface area contributed by atoms with E-state index in [0.29, 0.717) is 18.0 Å². The Bertz CT molecular complexity index is 879. The van der Waals surface area contributed by atoms with Crippen LogP contribution in [0.15, 0.2) is 24.3 Å².